The lowest BCUT2D eigenvalue weighted by atomic mass is 9.97. The molecule has 3 rings (SSSR count). The number of ether oxygens (including phenoxy) is 1. The van der Waals surface area contributed by atoms with Gasteiger partial charge in [0.05, 0.1) is 12.2 Å². The molecule has 0 bridgehead atoms. The molecular formula is C15H19O5P. The fraction of sp³-hybridized carbons (Fsp3) is 0.533. The lowest BCUT2D eigenvalue weighted by Crippen LogP contribution is -2.28. The van der Waals surface area contributed by atoms with Gasteiger partial charge in [0.15, 0.2) is 0 Å². The van der Waals surface area contributed by atoms with Crippen molar-refractivity contribution in [3.8, 4) is 5.75 Å². The van der Waals surface area contributed by atoms with Crippen molar-refractivity contribution < 1.29 is 23.1 Å². The average molecular weight is 310 g/mol. The summed E-state index contributed by atoms with van der Waals surface area (Å²) < 4.78 is 28.9. The topological polar surface area (TPSA) is 61.8 Å². The van der Waals surface area contributed by atoms with Crippen molar-refractivity contribution in [3.63, 3.8) is 0 Å². The Morgan fingerprint density at radius 1 is 0.952 bits per heavy atom. The number of para-hydroxylation sites is 1. The molecule has 0 unspecified atom stereocenters. The van der Waals surface area contributed by atoms with Gasteiger partial charge in [0, 0.05) is 0 Å². The highest BCUT2D eigenvalue weighted by Gasteiger charge is 2.44. The second-order valence-corrected chi connectivity index (χ2v) is 7.28. The standard InChI is InChI=1S/C15H19O5P/c16-15(18-12-6-2-1-3-7-12)21(17,19-13-8-4-9-13)20-14-10-5-11-14/h1-3,6-7,13-14H,4-5,8-11H2. The third-order valence-corrected chi connectivity index (χ3v) is 5.54. The first-order valence-electron chi connectivity index (χ1n) is 7.40. The number of carbonyl (C=O) groups is 1. The molecule has 0 saturated heterocycles. The molecule has 0 spiro atoms. The zero-order valence-electron chi connectivity index (χ0n) is 11.8. The largest absolute Gasteiger partial charge is 0.439 e. The van der Waals surface area contributed by atoms with E-state index in [1.54, 1.807) is 24.3 Å². The quantitative estimate of drug-likeness (QED) is 0.723. The van der Waals surface area contributed by atoms with E-state index in [2.05, 4.69) is 0 Å². The number of carbonyl (C=O) groups excluding carboxylic acids is 1. The van der Waals surface area contributed by atoms with E-state index in [9.17, 15) is 9.36 Å². The third kappa shape index (κ3) is 3.54. The number of hydrogen-bond donors (Lipinski definition) is 0. The van der Waals surface area contributed by atoms with Crippen molar-refractivity contribution in [2.24, 2.45) is 0 Å². The Balaban J connectivity index is 1.69. The first kappa shape index (κ1) is 14.8. The number of hydrogen-bond acceptors (Lipinski definition) is 5. The first-order valence-corrected chi connectivity index (χ1v) is 8.94. The third-order valence-electron chi connectivity index (χ3n) is 3.85. The van der Waals surface area contributed by atoms with E-state index in [1.165, 1.54) is 0 Å². The minimum Gasteiger partial charge on any atom is -0.417 e. The molecule has 0 N–H and O–H groups in total. The maximum absolute atomic E-state index is 12.8. The predicted molar refractivity (Wildman–Crippen MR) is 77.5 cm³/mol. The molecule has 6 heteroatoms. The fourth-order valence-corrected chi connectivity index (χ4v) is 3.75. The highest BCUT2D eigenvalue weighted by atomic mass is 31.2. The van der Waals surface area contributed by atoms with Crippen molar-refractivity contribution in [1.29, 1.82) is 0 Å². The normalized spacial score (nSPS) is 19.6. The van der Waals surface area contributed by atoms with Crippen LogP contribution in [-0.4, -0.2) is 17.9 Å². The first-order chi connectivity index (χ1) is 10.2. The molecule has 114 valence electrons. The van der Waals surface area contributed by atoms with Crippen LogP contribution in [0, 0.1) is 0 Å². The smallest absolute Gasteiger partial charge is 0.417 e. The molecular weight excluding hydrogens is 291 g/mol. The molecule has 0 aliphatic heterocycles. The Morgan fingerprint density at radius 2 is 1.48 bits per heavy atom. The van der Waals surface area contributed by atoms with Gasteiger partial charge < -0.3 is 4.74 Å². The molecule has 0 atom stereocenters. The molecule has 2 saturated carbocycles. The van der Waals surface area contributed by atoms with Crippen LogP contribution in [-0.2, 0) is 13.6 Å². The monoisotopic (exact) mass is 310 g/mol. The van der Waals surface area contributed by atoms with E-state index in [0.29, 0.717) is 5.75 Å². The summed E-state index contributed by atoms with van der Waals surface area (Å²) in [5, 5.41) is 0. The van der Waals surface area contributed by atoms with Crippen LogP contribution in [0.25, 0.3) is 0 Å². The number of rotatable bonds is 6. The molecule has 1 aromatic rings. The molecule has 2 aliphatic rings. The van der Waals surface area contributed by atoms with Gasteiger partial charge in [-0.15, -0.1) is 0 Å². The number of benzene rings is 1. The Kier molecular flexibility index (Phi) is 4.43. The highest BCUT2D eigenvalue weighted by Crippen LogP contribution is 2.56. The summed E-state index contributed by atoms with van der Waals surface area (Å²) in [5.74, 6) is 0.345. The van der Waals surface area contributed by atoms with Crippen molar-refractivity contribution in [3.05, 3.63) is 30.3 Å². The SMILES string of the molecule is O=C(Oc1ccccc1)P(=O)(OC1CCC1)OC1CCC1. The maximum atomic E-state index is 12.8. The Hall–Kier alpha value is -1.16. The molecule has 0 aromatic heterocycles. The van der Waals surface area contributed by atoms with E-state index in [0.717, 1.165) is 38.5 Å². The summed E-state index contributed by atoms with van der Waals surface area (Å²) in [7, 11) is -3.88. The molecule has 0 heterocycles. The van der Waals surface area contributed by atoms with Gasteiger partial charge in [-0.05, 0) is 50.7 Å². The van der Waals surface area contributed by atoms with Crippen molar-refractivity contribution in [2.45, 2.75) is 50.7 Å². The van der Waals surface area contributed by atoms with Crippen LogP contribution in [0.2, 0.25) is 0 Å². The zero-order valence-corrected chi connectivity index (χ0v) is 12.7. The van der Waals surface area contributed by atoms with Crippen LogP contribution in [0.1, 0.15) is 38.5 Å². The van der Waals surface area contributed by atoms with Gasteiger partial charge in [-0.25, -0.2) is 9.36 Å². The van der Waals surface area contributed by atoms with Gasteiger partial charge >= 0.3 is 13.3 Å². The molecule has 21 heavy (non-hydrogen) atoms. The lowest BCUT2D eigenvalue weighted by Gasteiger charge is -2.33. The summed E-state index contributed by atoms with van der Waals surface area (Å²) in [5.41, 5.74) is -0.910. The minimum absolute atomic E-state index is 0.153. The summed E-state index contributed by atoms with van der Waals surface area (Å²) in [6.07, 6.45) is 5.02. The zero-order chi connectivity index (χ0) is 14.7. The molecule has 0 amide bonds. The van der Waals surface area contributed by atoms with Gasteiger partial charge in [0.25, 0.3) is 0 Å². The van der Waals surface area contributed by atoms with Crippen LogP contribution in [0.3, 0.4) is 0 Å². The second-order valence-electron chi connectivity index (χ2n) is 5.50. The van der Waals surface area contributed by atoms with E-state index in [-0.39, 0.29) is 12.2 Å². The highest BCUT2D eigenvalue weighted by molar-refractivity contribution is 7.71. The predicted octanol–water partition coefficient (Wildman–Crippen LogP) is 4.52. The summed E-state index contributed by atoms with van der Waals surface area (Å²) in [6.45, 7) is 0. The van der Waals surface area contributed by atoms with Crippen LogP contribution >= 0.6 is 7.60 Å². The van der Waals surface area contributed by atoms with Crippen molar-refractivity contribution in [2.75, 3.05) is 0 Å². The van der Waals surface area contributed by atoms with E-state index >= 15 is 0 Å². The summed E-state index contributed by atoms with van der Waals surface area (Å²) in [4.78, 5) is 12.3. The van der Waals surface area contributed by atoms with Gasteiger partial charge in [0.2, 0.25) is 0 Å². The molecule has 0 radical (unpaired) electrons. The Morgan fingerprint density at radius 3 is 1.90 bits per heavy atom. The Labute approximate surface area is 124 Å². The fourth-order valence-electron chi connectivity index (χ4n) is 2.10. The second kappa shape index (κ2) is 6.30. The van der Waals surface area contributed by atoms with Crippen molar-refractivity contribution in [1.82, 2.24) is 0 Å². The van der Waals surface area contributed by atoms with Crippen molar-refractivity contribution >= 4 is 13.3 Å². The van der Waals surface area contributed by atoms with E-state index in [1.807, 2.05) is 6.07 Å². The van der Waals surface area contributed by atoms with Gasteiger partial charge in [-0.3, -0.25) is 9.05 Å². The summed E-state index contributed by atoms with van der Waals surface area (Å²) >= 11 is 0. The van der Waals surface area contributed by atoms with Gasteiger partial charge in [-0.2, -0.15) is 0 Å². The average Bonchev–Trinajstić information content (AvgIpc) is 2.40. The van der Waals surface area contributed by atoms with Crippen LogP contribution in [0.4, 0.5) is 4.79 Å². The lowest BCUT2D eigenvalue weighted by molar-refractivity contribution is 0.0493. The minimum atomic E-state index is -3.88. The maximum Gasteiger partial charge on any atom is 0.439 e. The van der Waals surface area contributed by atoms with Crippen LogP contribution in [0.5, 0.6) is 5.75 Å². The van der Waals surface area contributed by atoms with Gasteiger partial charge in [-0.1, -0.05) is 18.2 Å². The van der Waals surface area contributed by atoms with Crippen LogP contribution < -0.4 is 4.74 Å². The molecule has 2 aliphatic carbocycles. The molecule has 1 aromatic carbocycles. The Bertz CT molecular complexity index is 516. The molecule has 5 nitrogen and oxygen atoms in total. The van der Waals surface area contributed by atoms with Gasteiger partial charge in [0.1, 0.15) is 5.75 Å². The summed E-state index contributed by atoms with van der Waals surface area (Å²) in [6, 6.07) is 8.57. The van der Waals surface area contributed by atoms with E-state index in [4.69, 9.17) is 13.8 Å². The van der Waals surface area contributed by atoms with Crippen LogP contribution in [0.15, 0.2) is 30.3 Å². The molecule has 2 fully saturated rings. The van der Waals surface area contributed by atoms with E-state index < -0.39 is 13.3 Å².